The minimum absolute atomic E-state index is 0.204. The summed E-state index contributed by atoms with van der Waals surface area (Å²) < 4.78 is 0. The first-order chi connectivity index (χ1) is 8.59. The molecule has 1 aromatic heterocycles. The number of para-hydroxylation sites is 1. The van der Waals surface area contributed by atoms with Crippen molar-refractivity contribution in [1.29, 1.82) is 0 Å². The molecule has 0 aliphatic heterocycles. The van der Waals surface area contributed by atoms with E-state index in [1.807, 2.05) is 44.2 Å². The van der Waals surface area contributed by atoms with E-state index in [9.17, 15) is 4.79 Å². The van der Waals surface area contributed by atoms with Gasteiger partial charge in [0.05, 0.1) is 11.4 Å². The number of nitrogen functional groups attached to an aromatic ring is 1. The first-order valence-electron chi connectivity index (χ1n) is 5.79. The molecule has 4 N–H and O–H groups in total. The number of hydrogen-bond acceptors (Lipinski definition) is 3. The zero-order valence-corrected chi connectivity index (χ0v) is 10.4. The number of nitrogens with two attached hydrogens (primary N) is 1. The van der Waals surface area contributed by atoms with Crippen molar-refractivity contribution >= 4 is 17.3 Å². The van der Waals surface area contributed by atoms with E-state index in [1.54, 1.807) is 0 Å². The summed E-state index contributed by atoms with van der Waals surface area (Å²) in [4.78, 5) is 12.0. The molecule has 0 fully saturated rings. The first-order valence-corrected chi connectivity index (χ1v) is 5.79. The number of H-pyrrole nitrogens is 1. The summed E-state index contributed by atoms with van der Waals surface area (Å²) in [6.07, 6.45) is 0. The van der Waals surface area contributed by atoms with Gasteiger partial charge in [0.2, 0.25) is 0 Å². The van der Waals surface area contributed by atoms with Gasteiger partial charge in [0.1, 0.15) is 0 Å². The molecular formula is C13H16N4O. The number of rotatable bonds is 3. The van der Waals surface area contributed by atoms with Crippen molar-refractivity contribution in [2.75, 3.05) is 11.1 Å². The molecule has 1 amide bonds. The zero-order chi connectivity index (χ0) is 13.1. The van der Waals surface area contributed by atoms with Crippen LogP contribution < -0.4 is 11.1 Å². The molecule has 0 saturated heterocycles. The zero-order valence-electron chi connectivity index (χ0n) is 10.4. The van der Waals surface area contributed by atoms with Gasteiger partial charge in [0, 0.05) is 5.69 Å². The highest BCUT2D eigenvalue weighted by molar-refractivity contribution is 6.06. The Kier molecular flexibility index (Phi) is 3.32. The summed E-state index contributed by atoms with van der Waals surface area (Å²) in [5.74, 6) is -0.0994. The third kappa shape index (κ3) is 2.34. The van der Waals surface area contributed by atoms with Crippen molar-refractivity contribution in [3.8, 4) is 0 Å². The van der Waals surface area contributed by atoms with Gasteiger partial charge >= 0.3 is 0 Å². The summed E-state index contributed by atoms with van der Waals surface area (Å²) in [6.45, 7) is 3.98. The number of anilines is 2. The summed E-state index contributed by atoms with van der Waals surface area (Å²) in [5.41, 5.74) is 8.06. The number of nitrogens with zero attached hydrogens (tertiary/aromatic N) is 1. The van der Waals surface area contributed by atoms with Crippen LogP contribution in [0.5, 0.6) is 0 Å². The van der Waals surface area contributed by atoms with Crippen molar-refractivity contribution in [1.82, 2.24) is 10.2 Å². The monoisotopic (exact) mass is 244 g/mol. The Morgan fingerprint density at radius 2 is 2.00 bits per heavy atom. The van der Waals surface area contributed by atoms with Gasteiger partial charge < -0.3 is 11.1 Å². The molecule has 94 valence electrons. The van der Waals surface area contributed by atoms with Gasteiger partial charge in [-0.1, -0.05) is 32.0 Å². The molecule has 0 atom stereocenters. The molecule has 0 bridgehead atoms. The van der Waals surface area contributed by atoms with Crippen molar-refractivity contribution in [2.45, 2.75) is 19.8 Å². The van der Waals surface area contributed by atoms with Crippen LogP contribution in [0.15, 0.2) is 30.3 Å². The standard InChI is InChI=1S/C13H16N4O/c1-8(2)11-10(14)12(17-16-11)13(18)15-9-6-4-3-5-7-9/h3-8H,14H2,1-2H3,(H,15,18)(H,16,17). The maximum absolute atomic E-state index is 12.0. The van der Waals surface area contributed by atoms with Gasteiger partial charge in [0.25, 0.3) is 5.91 Å². The number of aromatic amines is 1. The number of aromatic nitrogens is 2. The van der Waals surface area contributed by atoms with E-state index in [2.05, 4.69) is 15.5 Å². The van der Waals surface area contributed by atoms with E-state index < -0.39 is 0 Å². The van der Waals surface area contributed by atoms with Gasteiger partial charge in [-0.25, -0.2) is 0 Å². The van der Waals surface area contributed by atoms with Crippen LogP contribution in [0.3, 0.4) is 0 Å². The quantitative estimate of drug-likeness (QED) is 0.775. The van der Waals surface area contributed by atoms with Crippen molar-refractivity contribution in [3.63, 3.8) is 0 Å². The van der Waals surface area contributed by atoms with Crippen LogP contribution in [0.2, 0.25) is 0 Å². The topological polar surface area (TPSA) is 83.8 Å². The van der Waals surface area contributed by atoms with Gasteiger partial charge in [-0.05, 0) is 18.1 Å². The highest BCUT2D eigenvalue weighted by Gasteiger charge is 2.18. The number of amides is 1. The van der Waals surface area contributed by atoms with Crippen LogP contribution in [0.4, 0.5) is 11.4 Å². The predicted molar refractivity (Wildman–Crippen MR) is 71.5 cm³/mol. The van der Waals surface area contributed by atoms with Gasteiger partial charge in [-0.2, -0.15) is 5.10 Å². The Morgan fingerprint density at radius 3 is 2.56 bits per heavy atom. The summed E-state index contributed by atoms with van der Waals surface area (Å²) in [5, 5.41) is 9.53. The predicted octanol–water partition coefficient (Wildman–Crippen LogP) is 2.37. The van der Waals surface area contributed by atoms with Crippen LogP contribution in [0.1, 0.15) is 35.9 Å². The Hall–Kier alpha value is -2.30. The molecule has 5 nitrogen and oxygen atoms in total. The summed E-state index contributed by atoms with van der Waals surface area (Å²) in [7, 11) is 0. The van der Waals surface area contributed by atoms with Crippen LogP contribution in [-0.4, -0.2) is 16.1 Å². The molecule has 0 saturated carbocycles. The average Bonchev–Trinajstić information content (AvgIpc) is 2.72. The molecule has 1 heterocycles. The third-order valence-corrected chi connectivity index (χ3v) is 2.66. The van der Waals surface area contributed by atoms with E-state index >= 15 is 0 Å². The number of benzene rings is 1. The number of hydrogen-bond donors (Lipinski definition) is 3. The van der Waals surface area contributed by atoms with Crippen LogP contribution >= 0.6 is 0 Å². The fourth-order valence-electron chi connectivity index (χ4n) is 1.69. The van der Waals surface area contributed by atoms with Gasteiger partial charge in [-0.15, -0.1) is 0 Å². The first kappa shape index (κ1) is 12.2. The van der Waals surface area contributed by atoms with E-state index in [-0.39, 0.29) is 17.5 Å². The molecular weight excluding hydrogens is 228 g/mol. The molecule has 0 aliphatic rings. The minimum atomic E-state index is -0.304. The lowest BCUT2D eigenvalue weighted by molar-refractivity contribution is 0.102. The van der Waals surface area contributed by atoms with Gasteiger partial charge in [-0.3, -0.25) is 9.89 Å². The summed E-state index contributed by atoms with van der Waals surface area (Å²) >= 11 is 0. The molecule has 0 aliphatic carbocycles. The SMILES string of the molecule is CC(C)c1[nH]nc(C(=O)Nc2ccccc2)c1N. The fourth-order valence-corrected chi connectivity index (χ4v) is 1.69. The molecule has 2 rings (SSSR count). The fraction of sp³-hybridized carbons (Fsp3) is 0.231. The Balaban J connectivity index is 2.20. The third-order valence-electron chi connectivity index (χ3n) is 2.66. The van der Waals surface area contributed by atoms with E-state index in [0.717, 1.165) is 11.4 Å². The number of carbonyl (C=O) groups excluding carboxylic acids is 1. The van der Waals surface area contributed by atoms with Crippen LogP contribution in [0, 0.1) is 0 Å². The highest BCUT2D eigenvalue weighted by atomic mass is 16.2. The Morgan fingerprint density at radius 1 is 1.33 bits per heavy atom. The maximum atomic E-state index is 12.0. The van der Waals surface area contributed by atoms with E-state index in [0.29, 0.717) is 5.69 Å². The van der Waals surface area contributed by atoms with Crippen LogP contribution in [-0.2, 0) is 0 Å². The molecule has 0 spiro atoms. The highest BCUT2D eigenvalue weighted by Crippen LogP contribution is 2.22. The maximum Gasteiger partial charge on any atom is 0.278 e. The van der Waals surface area contributed by atoms with Crippen molar-refractivity contribution in [2.24, 2.45) is 0 Å². The van der Waals surface area contributed by atoms with E-state index in [4.69, 9.17) is 5.73 Å². The number of carbonyl (C=O) groups is 1. The Bertz CT molecular complexity index is 545. The molecule has 5 heteroatoms. The molecule has 0 unspecified atom stereocenters. The molecule has 0 radical (unpaired) electrons. The largest absolute Gasteiger partial charge is 0.395 e. The lowest BCUT2D eigenvalue weighted by Crippen LogP contribution is -2.14. The second-order valence-electron chi connectivity index (χ2n) is 4.37. The lowest BCUT2D eigenvalue weighted by atomic mass is 10.1. The molecule has 2 aromatic rings. The average molecular weight is 244 g/mol. The Labute approximate surface area is 105 Å². The normalized spacial score (nSPS) is 10.6. The number of nitrogens with one attached hydrogen (secondary N) is 2. The van der Waals surface area contributed by atoms with Crippen molar-refractivity contribution < 1.29 is 4.79 Å². The molecule has 1 aromatic carbocycles. The van der Waals surface area contributed by atoms with Crippen LogP contribution in [0.25, 0.3) is 0 Å². The second kappa shape index (κ2) is 4.91. The minimum Gasteiger partial charge on any atom is -0.395 e. The smallest absolute Gasteiger partial charge is 0.278 e. The second-order valence-corrected chi connectivity index (χ2v) is 4.37. The summed E-state index contributed by atoms with van der Waals surface area (Å²) in [6, 6.07) is 9.20. The van der Waals surface area contributed by atoms with Crippen molar-refractivity contribution in [3.05, 3.63) is 41.7 Å². The van der Waals surface area contributed by atoms with E-state index in [1.165, 1.54) is 0 Å². The lowest BCUT2D eigenvalue weighted by Gasteiger charge is -2.04. The molecule has 18 heavy (non-hydrogen) atoms. The van der Waals surface area contributed by atoms with Gasteiger partial charge in [0.15, 0.2) is 5.69 Å².